The van der Waals surface area contributed by atoms with Crippen molar-refractivity contribution in [3.8, 4) is 0 Å². The van der Waals surface area contributed by atoms with Gasteiger partial charge in [0.1, 0.15) is 0 Å². The van der Waals surface area contributed by atoms with Crippen LogP contribution in [0.3, 0.4) is 0 Å². The molecule has 84 valence electrons. The highest BCUT2D eigenvalue weighted by atomic mass is 35.5. The van der Waals surface area contributed by atoms with Crippen molar-refractivity contribution in [2.75, 3.05) is 0 Å². The summed E-state index contributed by atoms with van der Waals surface area (Å²) in [4.78, 5) is 12.6. The van der Waals surface area contributed by atoms with Gasteiger partial charge in [-0.2, -0.15) is 0 Å². The highest BCUT2D eigenvalue weighted by molar-refractivity contribution is 7.21. The first-order chi connectivity index (χ1) is 7.50. The smallest absolute Gasteiger partial charge is 0.190 e. The number of fused-ring (bicyclic) bond motifs is 1. The lowest BCUT2D eigenvalue weighted by atomic mass is 10.1. The number of hydrogen-bond donors (Lipinski definition) is 0. The van der Waals surface area contributed by atoms with Crippen molar-refractivity contribution in [1.82, 2.24) is 0 Å². The van der Waals surface area contributed by atoms with E-state index in [0.717, 1.165) is 20.5 Å². The summed E-state index contributed by atoms with van der Waals surface area (Å²) < 4.78 is 1.07. The zero-order valence-electron chi connectivity index (χ0n) is 8.88. The van der Waals surface area contributed by atoms with Crippen LogP contribution in [0, 0.1) is 6.92 Å². The lowest BCUT2D eigenvalue weighted by molar-refractivity contribution is 0.0995. The van der Waals surface area contributed by atoms with Gasteiger partial charge in [0.15, 0.2) is 5.78 Å². The minimum absolute atomic E-state index is 0.0171. The Morgan fingerprint density at radius 1 is 1.44 bits per heavy atom. The van der Waals surface area contributed by atoms with Crippen molar-refractivity contribution in [3.05, 3.63) is 33.7 Å². The number of rotatable bonds is 2. The third kappa shape index (κ3) is 1.97. The Hall–Kier alpha value is -0.570. The molecule has 0 aliphatic carbocycles. The van der Waals surface area contributed by atoms with Gasteiger partial charge in [0.25, 0.3) is 0 Å². The number of carbonyl (C=O) groups excluding carboxylic acids is 1. The summed E-state index contributed by atoms with van der Waals surface area (Å²) >= 11 is 13.2. The second kappa shape index (κ2) is 4.36. The van der Waals surface area contributed by atoms with Crippen LogP contribution in [0.25, 0.3) is 10.1 Å². The molecule has 0 bridgehead atoms. The summed E-state index contributed by atoms with van der Waals surface area (Å²) in [6.07, 6.45) is 0. The van der Waals surface area contributed by atoms with E-state index in [1.165, 1.54) is 11.3 Å². The second-order valence-electron chi connectivity index (χ2n) is 3.68. The fourth-order valence-corrected chi connectivity index (χ4v) is 3.17. The van der Waals surface area contributed by atoms with Gasteiger partial charge in [0.05, 0.1) is 10.3 Å². The number of thiophene rings is 1. The Balaban J connectivity index is 2.65. The maximum Gasteiger partial charge on any atom is 0.190 e. The highest BCUT2D eigenvalue weighted by Crippen LogP contribution is 2.33. The standard InChI is InChI=1S/C12H10Cl2OS/c1-6-9-5-8(14)3-4-10(9)16-12(6)11(15)7(2)13/h3-5,7H,1-2H3. The van der Waals surface area contributed by atoms with Crippen LogP contribution >= 0.6 is 34.5 Å². The lowest BCUT2D eigenvalue weighted by Crippen LogP contribution is -2.09. The van der Waals surface area contributed by atoms with Gasteiger partial charge in [-0.25, -0.2) is 0 Å². The molecule has 0 aliphatic heterocycles. The van der Waals surface area contributed by atoms with Crippen LogP contribution in [-0.2, 0) is 0 Å². The zero-order chi connectivity index (χ0) is 11.9. The molecular weight excluding hydrogens is 263 g/mol. The molecule has 0 fully saturated rings. The van der Waals surface area contributed by atoms with Gasteiger partial charge >= 0.3 is 0 Å². The summed E-state index contributed by atoms with van der Waals surface area (Å²) in [5, 5.41) is 1.24. The van der Waals surface area contributed by atoms with Crippen molar-refractivity contribution in [1.29, 1.82) is 0 Å². The number of aryl methyl sites for hydroxylation is 1. The van der Waals surface area contributed by atoms with Crippen LogP contribution < -0.4 is 0 Å². The SMILES string of the molecule is Cc1c(C(=O)C(C)Cl)sc2ccc(Cl)cc12. The Labute approximate surface area is 108 Å². The average Bonchev–Trinajstić information content (AvgIpc) is 2.55. The number of hydrogen-bond acceptors (Lipinski definition) is 2. The summed E-state index contributed by atoms with van der Waals surface area (Å²) in [6.45, 7) is 3.63. The third-order valence-electron chi connectivity index (χ3n) is 2.48. The van der Waals surface area contributed by atoms with E-state index in [1.807, 2.05) is 25.1 Å². The van der Waals surface area contributed by atoms with Crippen LogP contribution in [0.15, 0.2) is 18.2 Å². The van der Waals surface area contributed by atoms with E-state index in [4.69, 9.17) is 23.2 Å². The molecule has 2 aromatic rings. The molecule has 1 heterocycles. The van der Waals surface area contributed by atoms with Crippen LogP contribution in [0.5, 0.6) is 0 Å². The predicted molar refractivity (Wildman–Crippen MR) is 71.2 cm³/mol. The molecule has 1 aromatic carbocycles. The molecule has 0 saturated carbocycles. The Morgan fingerprint density at radius 2 is 2.12 bits per heavy atom. The van der Waals surface area contributed by atoms with E-state index < -0.39 is 5.38 Å². The molecule has 0 spiro atoms. The molecule has 0 amide bonds. The van der Waals surface area contributed by atoms with Crippen molar-refractivity contribution >= 4 is 50.4 Å². The monoisotopic (exact) mass is 272 g/mol. The molecule has 0 saturated heterocycles. The Bertz CT molecular complexity index is 557. The molecule has 0 N–H and O–H groups in total. The summed E-state index contributed by atoms with van der Waals surface area (Å²) in [5.41, 5.74) is 0.972. The second-order valence-corrected chi connectivity index (χ2v) is 5.82. The van der Waals surface area contributed by atoms with Gasteiger partial charge in [0.2, 0.25) is 0 Å². The fraction of sp³-hybridized carbons (Fsp3) is 0.250. The van der Waals surface area contributed by atoms with Gasteiger partial charge in [-0.3, -0.25) is 4.79 Å². The number of Topliss-reactive ketones (excluding diaryl/α,β-unsaturated/α-hetero) is 1. The number of halogens is 2. The number of benzene rings is 1. The molecule has 2 rings (SSSR count). The predicted octanol–water partition coefficient (Wildman–Crippen LogP) is 4.67. The minimum atomic E-state index is -0.484. The van der Waals surface area contributed by atoms with Crippen molar-refractivity contribution in [2.45, 2.75) is 19.2 Å². The number of alkyl halides is 1. The number of carbonyl (C=O) groups is 1. The quantitative estimate of drug-likeness (QED) is 0.574. The van der Waals surface area contributed by atoms with Crippen LogP contribution in [0.1, 0.15) is 22.2 Å². The molecule has 1 unspecified atom stereocenters. The molecule has 1 aromatic heterocycles. The Morgan fingerprint density at radius 3 is 2.75 bits per heavy atom. The van der Waals surface area contributed by atoms with E-state index >= 15 is 0 Å². The van der Waals surface area contributed by atoms with Gasteiger partial charge in [-0.05, 0) is 43.0 Å². The first-order valence-corrected chi connectivity index (χ1v) is 6.50. The topological polar surface area (TPSA) is 17.1 Å². The summed E-state index contributed by atoms with van der Waals surface area (Å²) in [5.74, 6) is -0.0171. The summed E-state index contributed by atoms with van der Waals surface area (Å²) in [7, 11) is 0. The van der Waals surface area contributed by atoms with E-state index in [0.29, 0.717) is 5.02 Å². The minimum Gasteiger partial charge on any atom is -0.292 e. The molecule has 1 nitrogen and oxygen atoms in total. The van der Waals surface area contributed by atoms with Gasteiger partial charge in [-0.15, -0.1) is 22.9 Å². The van der Waals surface area contributed by atoms with Gasteiger partial charge in [-0.1, -0.05) is 11.6 Å². The molecule has 0 radical (unpaired) electrons. The molecule has 16 heavy (non-hydrogen) atoms. The maximum atomic E-state index is 11.9. The van der Waals surface area contributed by atoms with Gasteiger partial charge in [0, 0.05) is 9.72 Å². The van der Waals surface area contributed by atoms with Gasteiger partial charge < -0.3 is 0 Å². The van der Waals surface area contributed by atoms with E-state index in [-0.39, 0.29) is 5.78 Å². The molecule has 0 aliphatic rings. The average molecular weight is 273 g/mol. The Kier molecular flexibility index (Phi) is 3.24. The molecule has 1 atom stereocenters. The van der Waals surface area contributed by atoms with Crippen molar-refractivity contribution in [3.63, 3.8) is 0 Å². The van der Waals surface area contributed by atoms with E-state index in [2.05, 4.69) is 0 Å². The maximum absolute atomic E-state index is 11.9. The fourth-order valence-electron chi connectivity index (χ4n) is 1.61. The van der Waals surface area contributed by atoms with Crippen molar-refractivity contribution < 1.29 is 4.79 Å². The third-order valence-corrected chi connectivity index (χ3v) is 4.20. The van der Waals surface area contributed by atoms with Crippen molar-refractivity contribution in [2.24, 2.45) is 0 Å². The van der Waals surface area contributed by atoms with E-state index in [1.54, 1.807) is 6.92 Å². The lowest BCUT2D eigenvalue weighted by Gasteiger charge is -2.00. The highest BCUT2D eigenvalue weighted by Gasteiger charge is 2.19. The van der Waals surface area contributed by atoms with E-state index in [9.17, 15) is 4.79 Å². The zero-order valence-corrected chi connectivity index (χ0v) is 11.2. The first kappa shape index (κ1) is 11.9. The van der Waals surface area contributed by atoms with Crippen LogP contribution in [-0.4, -0.2) is 11.2 Å². The molecular formula is C12H10Cl2OS. The number of ketones is 1. The van der Waals surface area contributed by atoms with Crippen LogP contribution in [0.4, 0.5) is 0 Å². The molecule has 4 heteroatoms. The normalized spacial score (nSPS) is 13.0. The van der Waals surface area contributed by atoms with Crippen LogP contribution in [0.2, 0.25) is 5.02 Å². The largest absolute Gasteiger partial charge is 0.292 e. The first-order valence-electron chi connectivity index (χ1n) is 4.87. The summed E-state index contributed by atoms with van der Waals surface area (Å²) in [6, 6.07) is 5.65.